The van der Waals surface area contributed by atoms with Crippen LogP contribution in [0.25, 0.3) is 0 Å². The van der Waals surface area contributed by atoms with Crippen LogP contribution >= 0.6 is 0 Å². The van der Waals surface area contributed by atoms with Gasteiger partial charge in [0, 0.05) is 0 Å². The number of benzene rings is 1. The van der Waals surface area contributed by atoms with Gasteiger partial charge in [-0.15, -0.1) is 0 Å². The minimum absolute atomic E-state index is 1.27. The van der Waals surface area contributed by atoms with Gasteiger partial charge >= 0.3 is 78.5 Å². The average Bonchev–Trinajstić information content (AvgIpc) is 1.95. The second-order valence-corrected chi connectivity index (χ2v) is 4.43. The summed E-state index contributed by atoms with van der Waals surface area (Å²) in [4.78, 5) is 0. The summed E-state index contributed by atoms with van der Waals surface area (Å²) in [6.07, 6.45) is 1.27. The van der Waals surface area contributed by atoms with Gasteiger partial charge in [0.05, 0.1) is 0 Å². The predicted octanol–water partition coefficient (Wildman–Crippen LogP) is 2.12. The van der Waals surface area contributed by atoms with Gasteiger partial charge < -0.3 is 0 Å². The molecule has 0 saturated heterocycles. The molecule has 0 aliphatic heterocycles. The summed E-state index contributed by atoms with van der Waals surface area (Å²) >= 11 is 1.32. The van der Waals surface area contributed by atoms with E-state index in [1.165, 1.54) is 47.3 Å². The van der Waals surface area contributed by atoms with Crippen LogP contribution in [0.1, 0.15) is 11.1 Å². The first-order valence-corrected chi connectivity index (χ1v) is 6.28. The van der Waals surface area contributed by atoms with Gasteiger partial charge in [0.2, 0.25) is 0 Å². The summed E-state index contributed by atoms with van der Waals surface area (Å²) in [5, 5.41) is 0. The van der Waals surface area contributed by atoms with Crippen molar-refractivity contribution >= 4 is 25.8 Å². The molecular formula is C9H11Pb. The molecule has 3 radical (unpaired) electrons. The molecule has 10 heavy (non-hydrogen) atoms. The number of hydrogen-bond donors (Lipinski definition) is 0. The molecular weight excluding hydrogens is 315 g/mol. The molecule has 0 atom stereocenters. The molecule has 0 saturated carbocycles. The fourth-order valence-corrected chi connectivity index (χ4v) is 2.02. The Balaban J connectivity index is 2.69. The molecule has 1 rings (SSSR count). The normalized spacial score (nSPS) is 9.80. The van der Waals surface area contributed by atoms with Crippen LogP contribution in [0.5, 0.6) is 0 Å². The van der Waals surface area contributed by atoms with Gasteiger partial charge in [-0.1, -0.05) is 0 Å². The van der Waals surface area contributed by atoms with E-state index < -0.39 is 0 Å². The van der Waals surface area contributed by atoms with Crippen LogP contribution in [0.2, 0.25) is 3.98 Å². The second kappa shape index (κ2) is 4.11. The zero-order valence-electron chi connectivity index (χ0n) is 6.22. The molecule has 0 N–H and O–H groups in total. The van der Waals surface area contributed by atoms with Gasteiger partial charge in [-0.05, 0) is 0 Å². The number of rotatable bonds is 2. The fraction of sp³-hybridized carbons (Fsp3) is 0.333. The molecule has 0 heterocycles. The van der Waals surface area contributed by atoms with E-state index in [9.17, 15) is 0 Å². The van der Waals surface area contributed by atoms with E-state index in [2.05, 4.69) is 31.2 Å². The van der Waals surface area contributed by atoms with Crippen LogP contribution in [0.15, 0.2) is 24.3 Å². The SMILES string of the molecule is Cc1ccc(C[CH2][Pb])cc1. The Kier molecular flexibility index (Phi) is 3.39. The van der Waals surface area contributed by atoms with Crippen molar-refractivity contribution in [3.05, 3.63) is 35.4 Å². The zero-order valence-corrected chi connectivity index (χ0v) is 10.1. The number of aryl methyl sites for hydroxylation is 2. The number of hydrogen-bond acceptors (Lipinski definition) is 0. The maximum absolute atomic E-state index is 2.23. The van der Waals surface area contributed by atoms with E-state index in [0.29, 0.717) is 0 Å². The van der Waals surface area contributed by atoms with Gasteiger partial charge in [-0.25, -0.2) is 0 Å². The first-order valence-electron chi connectivity index (χ1n) is 3.53. The molecule has 0 spiro atoms. The Morgan fingerprint density at radius 1 is 1.20 bits per heavy atom. The third-order valence-electron chi connectivity index (χ3n) is 1.53. The van der Waals surface area contributed by atoms with Crippen molar-refractivity contribution in [2.24, 2.45) is 0 Å². The summed E-state index contributed by atoms with van der Waals surface area (Å²) in [6, 6.07) is 8.83. The van der Waals surface area contributed by atoms with Crippen LogP contribution < -0.4 is 0 Å². The molecule has 0 amide bonds. The molecule has 0 aliphatic carbocycles. The summed E-state index contributed by atoms with van der Waals surface area (Å²) in [7, 11) is 0. The second-order valence-electron chi connectivity index (χ2n) is 2.49. The summed E-state index contributed by atoms with van der Waals surface area (Å²) in [6.45, 7) is 2.13. The third kappa shape index (κ3) is 2.40. The van der Waals surface area contributed by atoms with Crippen molar-refractivity contribution in [2.45, 2.75) is 17.3 Å². The molecule has 0 nitrogen and oxygen atoms in total. The standard InChI is InChI=1S/C9H11.Pb/c1-3-9-6-4-8(2)5-7-9;/h4-7H,1,3H2,2H3;. The third-order valence-corrected chi connectivity index (χ3v) is 2.51. The average molecular weight is 326 g/mol. The Morgan fingerprint density at radius 2 is 1.80 bits per heavy atom. The van der Waals surface area contributed by atoms with Gasteiger partial charge in [-0.2, -0.15) is 0 Å². The van der Waals surface area contributed by atoms with Crippen LogP contribution in [0.3, 0.4) is 0 Å². The first kappa shape index (κ1) is 8.24. The maximum atomic E-state index is 2.23. The molecule has 0 aromatic heterocycles. The van der Waals surface area contributed by atoms with Gasteiger partial charge in [0.15, 0.2) is 0 Å². The quantitative estimate of drug-likeness (QED) is 0.731. The van der Waals surface area contributed by atoms with Crippen molar-refractivity contribution in [1.82, 2.24) is 0 Å². The predicted molar refractivity (Wildman–Crippen MR) is 45.4 cm³/mol. The van der Waals surface area contributed by atoms with Crippen molar-refractivity contribution in [2.75, 3.05) is 0 Å². The van der Waals surface area contributed by atoms with Crippen LogP contribution in [-0.2, 0) is 6.42 Å². The van der Waals surface area contributed by atoms with Gasteiger partial charge in [0.25, 0.3) is 0 Å². The summed E-state index contributed by atoms with van der Waals surface area (Å²) in [5.74, 6) is 0. The van der Waals surface area contributed by atoms with Crippen LogP contribution in [0.4, 0.5) is 0 Å². The Morgan fingerprint density at radius 3 is 2.30 bits per heavy atom. The molecule has 51 valence electrons. The van der Waals surface area contributed by atoms with Gasteiger partial charge in [-0.3, -0.25) is 0 Å². The van der Waals surface area contributed by atoms with Gasteiger partial charge in [0.1, 0.15) is 0 Å². The van der Waals surface area contributed by atoms with Crippen molar-refractivity contribution in [3.63, 3.8) is 0 Å². The van der Waals surface area contributed by atoms with Crippen molar-refractivity contribution < 1.29 is 0 Å². The fourth-order valence-electron chi connectivity index (χ4n) is 0.899. The van der Waals surface area contributed by atoms with E-state index in [1.54, 1.807) is 0 Å². The molecule has 1 aromatic carbocycles. The van der Waals surface area contributed by atoms with E-state index >= 15 is 0 Å². The van der Waals surface area contributed by atoms with E-state index in [0.717, 1.165) is 0 Å². The van der Waals surface area contributed by atoms with E-state index in [-0.39, 0.29) is 0 Å². The monoisotopic (exact) mass is 327 g/mol. The zero-order chi connectivity index (χ0) is 7.40. The molecule has 1 heteroatoms. The molecule has 1 aromatic rings. The van der Waals surface area contributed by atoms with E-state index in [1.807, 2.05) is 0 Å². The van der Waals surface area contributed by atoms with E-state index in [4.69, 9.17) is 0 Å². The Labute approximate surface area is 78.3 Å². The van der Waals surface area contributed by atoms with Crippen LogP contribution in [-0.4, -0.2) is 25.8 Å². The summed E-state index contributed by atoms with van der Waals surface area (Å²) < 4.78 is 1.38. The molecule has 0 aliphatic rings. The topological polar surface area (TPSA) is 0 Å². The van der Waals surface area contributed by atoms with Crippen LogP contribution in [0, 0.1) is 6.92 Å². The molecule has 0 fully saturated rings. The first-order chi connectivity index (χ1) is 4.83. The minimum atomic E-state index is 1.27. The molecule has 0 bridgehead atoms. The van der Waals surface area contributed by atoms with Crippen molar-refractivity contribution in [3.8, 4) is 0 Å². The molecule has 0 unspecified atom stereocenters. The summed E-state index contributed by atoms with van der Waals surface area (Å²) in [5.41, 5.74) is 2.85. The Hall–Kier alpha value is 0.142. The Bertz CT molecular complexity index is 188. The van der Waals surface area contributed by atoms with Crippen molar-refractivity contribution in [1.29, 1.82) is 0 Å².